The second-order valence-electron chi connectivity index (χ2n) is 4.63. The van der Waals surface area contributed by atoms with Crippen LogP contribution in [0.4, 0.5) is 5.82 Å². The Morgan fingerprint density at radius 2 is 2.18 bits per heavy atom. The molecule has 1 aromatic rings. The molecule has 1 fully saturated rings. The van der Waals surface area contributed by atoms with Crippen LogP contribution in [0.25, 0.3) is 0 Å². The third kappa shape index (κ3) is 3.07. The van der Waals surface area contributed by atoms with Gasteiger partial charge in [-0.1, -0.05) is 24.4 Å². The average Bonchev–Trinajstić information content (AvgIpc) is 2.33. The van der Waals surface area contributed by atoms with E-state index in [9.17, 15) is 5.11 Å². The van der Waals surface area contributed by atoms with Crippen LogP contribution in [0, 0.1) is 12.8 Å². The van der Waals surface area contributed by atoms with Gasteiger partial charge in [0.2, 0.25) is 0 Å². The molecule has 1 saturated carbocycles. The molecule has 0 aliphatic heterocycles. The van der Waals surface area contributed by atoms with Crippen LogP contribution in [-0.2, 0) is 0 Å². The average molecular weight is 256 g/mol. The zero-order chi connectivity index (χ0) is 12.3. The molecule has 2 N–H and O–H groups in total. The molecule has 1 heterocycles. The first-order valence-corrected chi connectivity index (χ1v) is 6.45. The van der Waals surface area contributed by atoms with Gasteiger partial charge in [-0.25, -0.2) is 9.97 Å². The topological polar surface area (TPSA) is 58.0 Å². The van der Waals surface area contributed by atoms with E-state index in [0.717, 1.165) is 37.2 Å². The number of aliphatic hydroxyl groups is 1. The van der Waals surface area contributed by atoms with Crippen LogP contribution < -0.4 is 5.32 Å². The number of aliphatic hydroxyl groups excluding tert-OH is 1. The molecule has 2 atom stereocenters. The lowest BCUT2D eigenvalue weighted by Gasteiger charge is -2.28. The fourth-order valence-electron chi connectivity index (χ4n) is 2.26. The number of halogens is 1. The molecule has 0 spiro atoms. The minimum atomic E-state index is -0.186. The Labute approximate surface area is 106 Å². The van der Waals surface area contributed by atoms with Gasteiger partial charge < -0.3 is 10.4 Å². The predicted molar refractivity (Wildman–Crippen MR) is 68.2 cm³/mol. The van der Waals surface area contributed by atoms with Gasteiger partial charge in [0, 0.05) is 18.0 Å². The summed E-state index contributed by atoms with van der Waals surface area (Å²) in [4.78, 5) is 8.07. The summed E-state index contributed by atoms with van der Waals surface area (Å²) in [5.41, 5.74) is 0.861. The summed E-state index contributed by atoms with van der Waals surface area (Å²) in [6.07, 6.45) is 5.59. The van der Waals surface area contributed by atoms with Crippen molar-refractivity contribution in [1.29, 1.82) is 0 Å². The van der Waals surface area contributed by atoms with E-state index in [4.69, 9.17) is 11.6 Å². The number of rotatable bonds is 3. The Morgan fingerprint density at radius 1 is 1.41 bits per heavy atom. The zero-order valence-corrected chi connectivity index (χ0v) is 10.7. The molecule has 0 saturated heterocycles. The summed E-state index contributed by atoms with van der Waals surface area (Å²) in [5, 5.41) is 13.6. The minimum Gasteiger partial charge on any atom is -0.393 e. The van der Waals surface area contributed by atoms with Crippen LogP contribution in [-0.4, -0.2) is 27.7 Å². The monoisotopic (exact) mass is 255 g/mol. The number of anilines is 1. The largest absolute Gasteiger partial charge is 0.393 e. The van der Waals surface area contributed by atoms with E-state index >= 15 is 0 Å². The summed E-state index contributed by atoms with van der Waals surface area (Å²) < 4.78 is 0. The smallest absolute Gasteiger partial charge is 0.137 e. The fraction of sp³-hybridized carbons (Fsp3) is 0.667. The van der Waals surface area contributed by atoms with Gasteiger partial charge in [0.1, 0.15) is 17.3 Å². The first-order valence-electron chi connectivity index (χ1n) is 6.07. The van der Waals surface area contributed by atoms with Gasteiger partial charge in [-0.15, -0.1) is 0 Å². The van der Waals surface area contributed by atoms with Crippen molar-refractivity contribution in [3.63, 3.8) is 0 Å². The molecule has 0 bridgehead atoms. The number of nitrogens with zero attached hydrogens (tertiary/aromatic N) is 2. The highest BCUT2D eigenvalue weighted by atomic mass is 35.5. The quantitative estimate of drug-likeness (QED) is 0.815. The maximum absolute atomic E-state index is 9.87. The molecule has 1 aliphatic rings. The van der Waals surface area contributed by atoms with Crippen LogP contribution in [0.5, 0.6) is 0 Å². The summed E-state index contributed by atoms with van der Waals surface area (Å²) in [5.74, 6) is 1.08. The summed E-state index contributed by atoms with van der Waals surface area (Å²) >= 11 is 5.92. The fourth-order valence-corrected chi connectivity index (χ4v) is 2.39. The highest BCUT2D eigenvalue weighted by molar-refractivity contribution is 6.30. The summed E-state index contributed by atoms with van der Waals surface area (Å²) in [6, 6.07) is 0. The normalized spacial score (nSPS) is 24.6. The van der Waals surface area contributed by atoms with Crippen molar-refractivity contribution >= 4 is 17.4 Å². The molecule has 94 valence electrons. The SMILES string of the molecule is Cc1c(Cl)ncnc1NCC1CCCCC1O. The van der Waals surface area contributed by atoms with Gasteiger partial charge in [0.15, 0.2) is 0 Å². The Morgan fingerprint density at radius 3 is 2.94 bits per heavy atom. The van der Waals surface area contributed by atoms with Gasteiger partial charge in [-0.2, -0.15) is 0 Å². The Kier molecular flexibility index (Phi) is 4.18. The van der Waals surface area contributed by atoms with Crippen LogP contribution in [0.1, 0.15) is 31.2 Å². The highest BCUT2D eigenvalue weighted by Crippen LogP contribution is 2.25. The van der Waals surface area contributed by atoms with E-state index in [1.165, 1.54) is 12.7 Å². The van der Waals surface area contributed by atoms with E-state index in [1.54, 1.807) is 0 Å². The van der Waals surface area contributed by atoms with Crippen LogP contribution >= 0.6 is 11.6 Å². The third-order valence-corrected chi connectivity index (χ3v) is 3.80. The molecule has 5 heteroatoms. The van der Waals surface area contributed by atoms with Gasteiger partial charge in [0.25, 0.3) is 0 Å². The molecule has 2 rings (SSSR count). The van der Waals surface area contributed by atoms with Crippen molar-refractivity contribution in [3.05, 3.63) is 17.0 Å². The van der Waals surface area contributed by atoms with Crippen LogP contribution in [0.15, 0.2) is 6.33 Å². The molecule has 2 unspecified atom stereocenters. The summed E-state index contributed by atoms with van der Waals surface area (Å²) in [7, 11) is 0. The van der Waals surface area contributed by atoms with Gasteiger partial charge >= 0.3 is 0 Å². The minimum absolute atomic E-state index is 0.186. The molecule has 0 radical (unpaired) electrons. The van der Waals surface area contributed by atoms with E-state index in [-0.39, 0.29) is 6.10 Å². The van der Waals surface area contributed by atoms with E-state index in [0.29, 0.717) is 11.1 Å². The molecule has 0 amide bonds. The molecule has 1 aliphatic carbocycles. The highest BCUT2D eigenvalue weighted by Gasteiger charge is 2.22. The maximum Gasteiger partial charge on any atom is 0.137 e. The number of hydrogen-bond acceptors (Lipinski definition) is 4. The standard InChI is InChI=1S/C12H18ClN3O/c1-8-11(13)15-7-16-12(8)14-6-9-4-2-3-5-10(9)17/h7,9-10,17H,2-6H2,1H3,(H,14,15,16). The molecule has 4 nitrogen and oxygen atoms in total. The third-order valence-electron chi connectivity index (χ3n) is 3.42. The molecule has 1 aromatic heterocycles. The molecule has 0 aromatic carbocycles. The zero-order valence-electron chi connectivity index (χ0n) is 9.99. The van der Waals surface area contributed by atoms with E-state index < -0.39 is 0 Å². The van der Waals surface area contributed by atoms with Crippen LogP contribution in [0.2, 0.25) is 5.15 Å². The number of nitrogens with one attached hydrogen (secondary N) is 1. The first kappa shape index (κ1) is 12.6. The van der Waals surface area contributed by atoms with Crippen molar-refractivity contribution in [2.75, 3.05) is 11.9 Å². The number of aromatic nitrogens is 2. The Bertz CT molecular complexity index is 386. The second-order valence-corrected chi connectivity index (χ2v) is 4.99. The van der Waals surface area contributed by atoms with E-state index in [1.807, 2.05) is 6.92 Å². The Balaban J connectivity index is 1.95. The lowest BCUT2D eigenvalue weighted by molar-refractivity contribution is 0.0763. The molecular formula is C12H18ClN3O. The summed E-state index contributed by atoms with van der Waals surface area (Å²) in [6.45, 7) is 2.64. The molecule has 17 heavy (non-hydrogen) atoms. The molecular weight excluding hydrogens is 238 g/mol. The van der Waals surface area contributed by atoms with Gasteiger partial charge in [-0.05, 0) is 19.8 Å². The lowest BCUT2D eigenvalue weighted by Crippen LogP contribution is -2.30. The van der Waals surface area contributed by atoms with Crippen molar-refractivity contribution < 1.29 is 5.11 Å². The first-order chi connectivity index (χ1) is 8.18. The predicted octanol–water partition coefficient (Wildman–Crippen LogP) is 2.40. The van der Waals surface area contributed by atoms with Crippen molar-refractivity contribution in [1.82, 2.24) is 9.97 Å². The second kappa shape index (κ2) is 5.65. The lowest BCUT2D eigenvalue weighted by atomic mass is 9.86. The van der Waals surface area contributed by atoms with Crippen molar-refractivity contribution in [2.24, 2.45) is 5.92 Å². The Hall–Kier alpha value is -0.870. The number of hydrogen-bond donors (Lipinski definition) is 2. The maximum atomic E-state index is 9.87. The van der Waals surface area contributed by atoms with Gasteiger partial charge in [-0.3, -0.25) is 0 Å². The van der Waals surface area contributed by atoms with Gasteiger partial charge in [0.05, 0.1) is 6.10 Å². The van der Waals surface area contributed by atoms with E-state index in [2.05, 4.69) is 15.3 Å². The van der Waals surface area contributed by atoms with Crippen LogP contribution in [0.3, 0.4) is 0 Å². The van der Waals surface area contributed by atoms with Crippen molar-refractivity contribution in [2.45, 2.75) is 38.7 Å². The van der Waals surface area contributed by atoms with Crippen molar-refractivity contribution in [3.8, 4) is 0 Å².